The van der Waals surface area contributed by atoms with Gasteiger partial charge >= 0.3 is 0 Å². The van der Waals surface area contributed by atoms with E-state index in [1.807, 2.05) is 44.4 Å². The summed E-state index contributed by atoms with van der Waals surface area (Å²) in [6, 6.07) is 10.0. The zero-order valence-electron chi connectivity index (χ0n) is 11.8. The molecular formula is C15H20N4O. The maximum absolute atomic E-state index is 12.1. The highest BCUT2D eigenvalue weighted by Crippen LogP contribution is 2.17. The Morgan fingerprint density at radius 1 is 1.35 bits per heavy atom. The van der Waals surface area contributed by atoms with E-state index in [0.717, 1.165) is 18.5 Å². The number of nitrogens with one attached hydrogen (secondary N) is 2. The van der Waals surface area contributed by atoms with Gasteiger partial charge in [-0.15, -0.1) is 0 Å². The fourth-order valence-corrected chi connectivity index (χ4v) is 2.01. The van der Waals surface area contributed by atoms with Gasteiger partial charge in [0.25, 0.3) is 5.91 Å². The number of carbonyl (C=O) groups excluding carboxylic acids is 1. The Balaban J connectivity index is 2.08. The van der Waals surface area contributed by atoms with Gasteiger partial charge in [-0.2, -0.15) is 0 Å². The molecular weight excluding hydrogens is 252 g/mol. The first kappa shape index (κ1) is 14.3. The molecule has 2 aromatic rings. The Morgan fingerprint density at radius 3 is 2.70 bits per heavy atom. The first-order valence-electron chi connectivity index (χ1n) is 6.65. The van der Waals surface area contributed by atoms with E-state index >= 15 is 0 Å². The lowest BCUT2D eigenvalue weighted by molar-refractivity contribution is 0.0928. The second-order valence-electron chi connectivity index (χ2n) is 4.99. The molecule has 5 nitrogen and oxygen atoms in total. The molecule has 0 radical (unpaired) electrons. The molecule has 0 aliphatic rings. The first-order valence-corrected chi connectivity index (χ1v) is 6.65. The smallest absolute Gasteiger partial charge is 0.269 e. The van der Waals surface area contributed by atoms with Crippen molar-refractivity contribution in [1.82, 2.24) is 20.2 Å². The summed E-state index contributed by atoms with van der Waals surface area (Å²) in [5.41, 5.74) is 1.60. The van der Waals surface area contributed by atoms with Crippen LogP contribution < -0.4 is 5.32 Å². The van der Waals surface area contributed by atoms with Crippen molar-refractivity contribution in [3.63, 3.8) is 0 Å². The van der Waals surface area contributed by atoms with Gasteiger partial charge < -0.3 is 15.2 Å². The first-order chi connectivity index (χ1) is 9.66. The van der Waals surface area contributed by atoms with Crippen LogP contribution in [-0.4, -0.2) is 41.4 Å². The predicted octanol–water partition coefficient (Wildman–Crippen LogP) is 1.83. The predicted molar refractivity (Wildman–Crippen MR) is 78.4 cm³/mol. The number of rotatable bonds is 6. The lowest BCUT2D eigenvalue weighted by atomic mass is 10.0. The molecule has 1 atom stereocenters. The van der Waals surface area contributed by atoms with Gasteiger partial charge in [-0.1, -0.05) is 30.3 Å². The van der Waals surface area contributed by atoms with Crippen LogP contribution >= 0.6 is 0 Å². The SMILES string of the molecule is CN(C)CC[C@@H](NC(=O)c1cnc[nH]1)c1ccccc1. The molecule has 1 aromatic carbocycles. The van der Waals surface area contributed by atoms with Crippen molar-refractivity contribution in [2.45, 2.75) is 12.5 Å². The molecule has 1 heterocycles. The molecule has 2 rings (SSSR count). The summed E-state index contributed by atoms with van der Waals surface area (Å²) >= 11 is 0. The maximum atomic E-state index is 12.1. The van der Waals surface area contributed by atoms with Crippen LogP contribution in [0.15, 0.2) is 42.9 Å². The molecule has 0 fully saturated rings. The summed E-state index contributed by atoms with van der Waals surface area (Å²) < 4.78 is 0. The van der Waals surface area contributed by atoms with Crippen molar-refractivity contribution < 1.29 is 4.79 Å². The summed E-state index contributed by atoms with van der Waals surface area (Å²) in [5.74, 6) is -0.130. The van der Waals surface area contributed by atoms with Crippen molar-refractivity contribution in [3.05, 3.63) is 54.1 Å². The normalized spacial score (nSPS) is 12.3. The van der Waals surface area contributed by atoms with E-state index in [0.29, 0.717) is 5.69 Å². The van der Waals surface area contributed by atoms with Crippen LogP contribution in [0.25, 0.3) is 0 Å². The number of imidazole rings is 1. The fourth-order valence-electron chi connectivity index (χ4n) is 2.01. The molecule has 0 bridgehead atoms. The summed E-state index contributed by atoms with van der Waals surface area (Å²) in [6.45, 7) is 0.906. The number of hydrogen-bond acceptors (Lipinski definition) is 3. The van der Waals surface area contributed by atoms with E-state index in [-0.39, 0.29) is 11.9 Å². The minimum Gasteiger partial charge on any atom is -0.344 e. The van der Waals surface area contributed by atoms with E-state index in [1.54, 1.807) is 0 Å². The van der Waals surface area contributed by atoms with Crippen LogP contribution in [0.3, 0.4) is 0 Å². The van der Waals surface area contributed by atoms with Crippen LogP contribution in [0.5, 0.6) is 0 Å². The monoisotopic (exact) mass is 272 g/mol. The summed E-state index contributed by atoms with van der Waals surface area (Å²) in [7, 11) is 4.05. The third-order valence-corrected chi connectivity index (χ3v) is 3.12. The molecule has 0 saturated heterocycles. The van der Waals surface area contributed by atoms with Gasteiger partial charge in [0.2, 0.25) is 0 Å². The zero-order chi connectivity index (χ0) is 14.4. The number of carbonyl (C=O) groups is 1. The number of aromatic nitrogens is 2. The van der Waals surface area contributed by atoms with Gasteiger partial charge in [-0.05, 0) is 32.6 Å². The average molecular weight is 272 g/mol. The minimum atomic E-state index is -0.130. The Morgan fingerprint density at radius 2 is 2.10 bits per heavy atom. The molecule has 0 unspecified atom stereocenters. The van der Waals surface area contributed by atoms with Crippen molar-refractivity contribution in [2.75, 3.05) is 20.6 Å². The molecule has 1 amide bonds. The molecule has 0 spiro atoms. The minimum absolute atomic E-state index is 0.00519. The number of H-pyrrole nitrogens is 1. The number of nitrogens with zero attached hydrogens (tertiary/aromatic N) is 2. The quantitative estimate of drug-likeness (QED) is 0.843. The largest absolute Gasteiger partial charge is 0.344 e. The van der Waals surface area contributed by atoms with E-state index in [9.17, 15) is 4.79 Å². The molecule has 2 N–H and O–H groups in total. The standard InChI is InChI=1S/C15H20N4O/c1-19(2)9-8-13(12-6-4-3-5-7-12)18-15(20)14-10-16-11-17-14/h3-7,10-11,13H,8-9H2,1-2H3,(H,16,17)(H,18,20)/t13-/m1/s1. The molecule has 0 aliphatic carbocycles. The Hall–Kier alpha value is -2.14. The lowest BCUT2D eigenvalue weighted by Gasteiger charge is -2.21. The van der Waals surface area contributed by atoms with Crippen molar-refractivity contribution in [3.8, 4) is 0 Å². The molecule has 106 valence electrons. The number of hydrogen-bond donors (Lipinski definition) is 2. The van der Waals surface area contributed by atoms with E-state index in [1.165, 1.54) is 12.5 Å². The van der Waals surface area contributed by atoms with Crippen molar-refractivity contribution in [1.29, 1.82) is 0 Å². The van der Waals surface area contributed by atoms with Crippen LogP contribution in [0.1, 0.15) is 28.5 Å². The van der Waals surface area contributed by atoms with E-state index in [2.05, 4.69) is 20.2 Å². The number of benzene rings is 1. The van der Waals surface area contributed by atoms with Crippen LogP contribution in [0.2, 0.25) is 0 Å². The average Bonchev–Trinajstić information content (AvgIpc) is 2.98. The molecule has 20 heavy (non-hydrogen) atoms. The second kappa shape index (κ2) is 6.86. The Kier molecular flexibility index (Phi) is 4.90. The zero-order valence-corrected chi connectivity index (χ0v) is 11.8. The molecule has 5 heteroatoms. The second-order valence-corrected chi connectivity index (χ2v) is 4.99. The van der Waals surface area contributed by atoms with Gasteiger partial charge in [0.05, 0.1) is 18.6 Å². The van der Waals surface area contributed by atoms with Gasteiger partial charge in [0.1, 0.15) is 5.69 Å². The molecule has 0 aliphatic heterocycles. The van der Waals surface area contributed by atoms with Gasteiger partial charge in [0.15, 0.2) is 0 Å². The van der Waals surface area contributed by atoms with E-state index in [4.69, 9.17) is 0 Å². The van der Waals surface area contributed by atoms with Crippen LogP contribution in [0.4, 0.5) is 0 Å². The molecule has 1 aromatic heterocycles. The summed E-state index contributed by atoms with van der Waals surface area (Å²) in [6.07, 6.45) is 3.90. The summed E-state index contributed by atoms with van der Waals surface area (Å²) in [5, 5.41) is 3.05. The van der Waals surface area contributed by atoms with Crippen molar-refractivity contribution in [2.24, 2.45) is 0 Å². The van der Waals surface area contributed by atoms with E-state index < -0.39 is 0 Å². The number of aromatic amines is 1. The highest BCUT2D eigenvalue weighted by Gasteiger charge is 2.16. The highest BCUT2D eigenvalue weighted by molar-refractivity contribution is 5.92. The maximum Gasteiger partial charge on any atom is 0.269 e. The molecule has 0 saturated carbocycles. The summed E-state index contributed by atoms with van der Waals surface area (Å²) in [4.78, 5) is 20.9. The van der Waals surface area contributed by atoms with Gasteiger partial charge in [-0.25, -0.2) is 4.98 Å². The topological polar surface area (TPSA) is 61.0 Å². The van der Waals surface area contributed by atoms with Crippen molar-refractivity contribution >= 4 is 5.91 Å². The van der Waals surface area contributed by atoms with Crippen LogP contribution in [-0.2, 0) is 0 Å². The highest BCUT2D eigenvalue weighted by atomic mass is 16.1. The van der Waals surface area contributed by atoms with Gasteiger partial charge in [0, 0.05) is 0 Å². The van der Waals surface area contributed by atoms with Gasteiger partial charge in [-0.3, -0.25) is 4.79 Å². The lowest BCUT2D eigenvalue weighted by Crippen LogP contribution is -2.31. The Bertz CT molecular complexity index is 522. The third kappa shape index (κ3) is 3.93. The number of amides is 1. The third-order valence-electron chi connectivity index (χ3n) is 3.12. The van der Waals surface area contributed by atoms with Crippen LogP contribution in [0, 0.1) is 0 Å². The fraction of sp³-hybridized carbons (Fsp3) is 0.333. The Labute approximate surface area is 119 Å².